The van der Waals surface area contributed by atoms with Gasteiger partial charge in [0.2, 0.25) is 0 Å². The van der Waals surface area contributed by atoms with Crippen LogP contribution in [0.15, 0.2) is 24.3 Å². The number of benzene rings is 1. The Morgan fingerprint density at radius 3 is 2.89 bits per heavy atom. The molecule has 1 aromatic carbocycles. The van der Waals surface area contributed by atoms with Gasteiger partial charge in [-0.3, -0.25) is 0 Å². The van der Waals surface area contributed by atoms with Crippen molar-refractivity contribution >= 4 is 17.7 Å². The SMILES string of the molecule is C[C@](O)(c1cccc(Cl)c1)C1CCCN(C(=O)O)C1. The van der Waals surface area contributed by atoms with Crippen molar-refractivity contribution < 1.29 is 15.0 Å². The van der Waals surface area contributed by atoms with Crippen molar-refractivity contribution in [3.63, 3.8) is 0 Å². The number of rotatable bonds is 2. The molecule has 1 aliphatic heterocycles. The highest BCUT2D eigenvalue weighted by atomic mass is 35.5. The first-order valence-electron chi connectivity index (χ1n) is 6.37. The van der Waals surface area contributed by atoms with Gasteiger partial charge in [0.15, 0.2) is 0 Å². The van der Waals surface area contributed by atoms with E-state index in [1.807, 2.05) is 6.07 Å². The number of carboxylic acid groups (broad SMARTS) is 1. The molecule has 0 aliphatic carbocycles. The minimum absolute atomic E-state index is 0.115. The third kappa shape index (κ3) is 3.01. The molecule has 0 bridgehead atoms. The van der Waals surface area contributed by atoms with E-state index >= 15 is 0 Å². The number of halogens is 1. The van der Waals surface area contributed by atoms with Crippen molar-refractivity contribution in [2.75, 3.05) is 13.1 Å². The molecule has 0 saturated carbocycles. The molecule has 2 rings (SSSR count). The first-order valence-corrected chi connectivity index (χ1v) is 6.75. The normalized spacial score (nSPS) is 22.9. The summed E-state index contributed by atoms with van der Waals surface area (Å²) in [5.74, 6) is -0.115. The summed E-state index contributed by atoms with van der Waals surface area (Å²) in [5, 5.41) is 20.4. The van der Waals surface area contributed by atoms with Crippen LogP contribution in [0.1, 0.15) is 25.3 Å². The molecule has 1 amide bonds. The van der Waals surface area contributed by atoms with Gasteiger partial charge in [0, 0.05) is 24.0 Å². The van der Waals surface area contributed by atoms with E-state index in [0.717, 1.165) is 18.4 Å². The lowest BCUT2D eigenvalue weighted by atomic mass is 9.78. The molecule has 1 fully saturated rings. The lowest BCUT2D eigenvalue weighted by Crippen LogP contribution is -2.46. The number of likely N-dealkylation sites (tertiary alicyclic amines) is 1. The maximum Gasteiger partial charge on any atom is 0.407 e. The first-order chi connectivity index (χ1) is 8.91. The van der Waals surface area contributed by atoms with E-state index in [1.165, 1.54) is 4.90 Å². The average Bonchev–Trinajstić information content (AvgIpc) is 2.39. The summed E-state index contributed by atoms with van der Waals surface area (Å²) in [6.45, 7) is 2.63. The van der Waals surface area contributed by atoms with Gasteiger partial charge in [-0.15, -0.1) is 0 Å². The van der Waals surface area contributed by atoms with Gasteiger partial charge in [-0.05, 0) is 37.5 Å². The maximum atomic E-state index is 11.0. The van der Waals surface area contributed by atoms with Crippen molar-refractivity contribution in [2.45, 2.75) is 25.4 Å². The standard InChI is InChI=1S/C14H18ClNO3/c1-14(19,10-4-2-6-12(15)8-10)11-5-3-7-16(9-11)13(17)18/h2,4,6,8,11,19H,3,5,7,9H2,1H3,(H,17,18)/t11?,14-/m0/s1. The Morgan fingerprint density at radius 1 is 1.53 bits per heavy atom. The van der Waals surface area contributed by atoms with E-state index in [9.17, 15) is 9.90 Å². The van der Waals surface area contributed by atoms with Crippen molar-refractivity contribution in [3.05, 3.63) is 34.9 Å². The van der Waals surface area contributed by atoms with Crippen LogP contribution >= 0.6 is 11.6 Å². The fraction of sp³-hybridized carbons (Fsp3) is 0.500. The molecule has 0 spiro atoms. The van der Waals surface area contributed by atoms with Crippen molar-refractivity contribution in [3.8, 4) is 0 Å². The molecule has 2 N–H and O–H groups in total. The summed E-state index contributed by atoms with van der Waals surface area (Å²) >= 11 is 5.95. The molecule has 5 heteroatoms. The second-order valence-corrected chi connectivity index (χ2v) is 5.66. The molecule has 1 unspecified atom stereocenters. The van der Waals surface area contributed by atoms with E-state index in [1.54, 1.807) is 25.1 Å². The number of carbonyl (C=O) groups is 1. The third-order valence-corrected chi connectivity index (χ3v) is 4.13. The van der Waals surface area contributed by atoms with Crippen molar-refractivity contribution in [2.24, 2.45) is 5.92 Å². The number of nitrogens with zero attached hydrogens (tertiary/aromatic N) is 1. The maximum absolute atomic E-state index is 11.0. The molecule has 4 nitrogen and oxygen atoms in total. The van der Waals surface area contributed by atoms with Crippen molar-refractivity contribution in [1.82, 2.24) is 4.90 Å². The van der Waals surface area contributed by atoms with Crippen LogP contribution in [0.4, 0.5) is 4.79 Å². The summed E-state index contributed by atoms with van der Waals surface area (Å²) in [6.07, 6.45) is 0.656. The van der Waals surface area contributed by atoms with Gasteiger partial charge in [-0.2, -0.15) is 0 Å². The fourth-order valence-corrected chi connectivity index (χ4v) is 2.84. The highest BCUT2D eigenvalue weighted by Gasteiger charge is 2.37. The molecule has 19 heavy (non-hydrogen) atoms. The summed E-state index contributed by atoms with van der Waals surface area (Å²) in [7, 11) is 0. The molecule has 1 heterocycles. The smallest absolute Gasteiger partial charge is 0.407 e. The summed E-state index contributed by atoms with van der Waals surface area (Å²) in [6, 6.07) is 7.11. The molecule has 1 aliphatic rings. The monoisotopic (exact) mass is 283 g/mol. The number of hydrogen-bond acceptors (Lipinski definition) is 2. The summed E-state index contributed by atoms with van der Waals surface area (Å²) in [5.41, 5.74) is -0.337. The number of aliphatic hydroxyl groups is 1. The first kappa shape index (κ1) is 14.2. The second kappa shape index (κ2) is 5.39. The van der Waals surface area contributed by atoms with Crippen LogP contribution in [0, 0.1) is 5.92 Å². The molecule has 104 valence electrons. The average molecular weight is 284 g/mol. The van der Waals surface area contributed by atoms with Gasteiger partial charge in [-0.1, -0.05) is 23.7 Å². The fourth-order valence-electron chi connectivity index (χ4n) is 2.65. The highest BCUT2D eigenvalue weighted by molar-refractivity contribution is 6.30. The largest absolute Gasteiger partial charge is 0.465 e. The second-order valence-electron chi connectivity index (χ2n) is 5.23. The Labute approximate surface area is 117 Å². The number of hydrogen-bond donors (Lipinski definition) is 2. The number of piperidine rings is 1. The summed E-state index contributed by atoms with van der Waals surface area (Å²) in [4.78, 5) is 12.4. The molecule has 0 aromatic heterocycles. The molecule has 1 aromatic rings. The van der Waals surface area contributed by atoms with Crippen LogP contribution in [0.2, 0.25) is 5.02 Å². The van der Waals surface area contributed by atoms with Gasteiger partial charge in [0.1, 0.15) is 0 Å². The van der Waals surface area contributed by atoms with E-state index in [4.69, 9.17) is 16.7 Å². The predicted molar refractivity (Wildman–Crippen MR) is 73.3 cm³/mol. The van der Waals surface area contributed by atoms with Gasteiger partial charge >= 0.3 is 6.09 Å². The Kier molecular flexibility index (Phi) is 4.02. The third-order valence-electron chi connectivity index (χ3n) is 3.90. The van der Waals surface area contributed by atoms with Crippen LogP contribution in [0.25, 0.3) is 0 Å². The molecular formula is C14H18ClNO3. The number of amides is 1. The minimum atomic E-state index is -1.07. The predicted octanol–water partition coefficient (Wildman–Crippen LogP) is 2.94. The quantitative estimate of drug-likeness (QED) is 0.877. The molecular weight excluding hydrogens is 266 g/mol. The van der Waals surface area contributed by atoms with Crippen LogP contribution in [0.5, 0.6) is 0 Å². The minimum Gasteiger partial charge on any atom is -0.465 e. The Morgan fingerprint density at radius 2 is 2.26 bits per heavy atom. The Bertz CT molecular complexity index is 476. The zero-order valence-corrected chi connectivity index (χ0v) is 11.6. The van der Waals surface area contributed by atoms with Crippen LogP contribution in [0.3, 0.4) is 0 Å². The topological polar surface area (TPSA) is 60.8 Å². The van der Waals surface area contributed by atoms with Crippen LogP contribution in [-0.4, -0.2) is 34.3 Å². The zero-order chi connectivity index (χ0) is 14.0. The van der Waals surface area contributed by atoms with E-state index in [-0.39, 0.29) is 5.92 Å². The van der Waals surface area contributed by atoms with Crippen molar-refractivity contribution in [1.29, 1.82) is 0 Å². The lowest BCUT2D eigenvalue weighted by molar-refractivity contribution is -0.0343. The van der Waals surface area contributed by atoms with Gasteiger partial charge in [0.25, 0.3) is 0 Å². The van der Waals surface area contributed by atoms with Crippen LogP contribution < -0.4 is 0 Å². The Hall–Kier alpha value is -1.26. The van der Waals surface area contributed by atoms with E-state index in [2.05, 4.69) is 0 Å². The Balaban J connectivity index is 2.21. The van der Waals surface area contributed by atoms with Crippen LogP contribution in [-0.2, 0) is 5.60 Å². The highest BCUT2D eigenvalue weighted by Crippen LogP contribution is 2.36. The molecule has 0 radical (unpaired) electrons. The zero-order valence-electron chi connectivity index (χ0n) is 10.8. The van der Waals surface area contributed by atoms with Gasteiger partial charge < -0.3 is 15.1 Å². The molecule has 2 atom stereocenters. The summed E-state index contributed by atoms with van der Waals surface area (Å²) < 4.78 is 0. The van der Waals surface area contributed by atoms with E-state index < -0.39 is 11.7 Å². The lowest BCUT2D eigenvalue weighted by Gasteiger charge is -2.39. The van der Waals surface area contributed by atoms with Gasteiger partial charge in [0.05, 0.1) is 5.60 Å². The van der Waals surface area contributed by atoms with E-state index in [0.29, 0.717) is 18.1 Å². The molecule has 1 saturated heterocycles. The van der Waals surface area contributed by atoms with Gasteiger partial charge in [-0.25, -0.2) is 4.79 Å².